The molecule has 1 fully saturated rings. The Balaban J connectivity index is 1.85. The summed E-state index contributed by atoms with van der Waals surface area (Å²) < 4.78 is 19.7. The van der Waals surface area contributed by atoms with Crippen molar-refractivity contribution in [3.05, 3.63) is 52.4 Å². The first-order valence-corrected chi connectivity index (χ1v) is 8.00. The number of H-pyrrole nitrogens is 1. The number of hydrogen-bond acceptors (Lipinski definition) is 4. The van der Waals surface area contributed by atoms with E-state index in [1.54, 1.807) is 19.2 Å². The average Bonchev–Trinajstić information content (AvgIpc) is 3.12. The van der Waals surface area contributed by atoms with E-state index in [2.05, 4.69) is 14.9 Å². The second kappa shape index (κ2) is 6.71. The van der Waals surface area contributed by atoms with E-state index >= 15 is 0 Å². The number of ether oxygens (including phenoxy) is 1. The molecule has 3 rings (SSSR count). The number of halogens is 1. The molecule has 2 aromatic rings. The Morgan fingerprint density at radius 3 is 2.83 bits per heavy atom. The van der Waals surface area contributed by atoms with Gasteiger partial charge in [0.1, 0.15) is 11.6 Å². The van der Waals surface area contributed by atoms with Crippen LogP contribution in [0.3, 0.4) is 0 Å². The van der Waals surface area contributed by atoms with E-state index in [-0.39, 0.29) is 18.0 Å². The summed E-state index contributed by atoms with van der Waals surface area (Å²) in [6, 6.07) is 6.65. The lowest BCUT2D eigenvalue weighted by Crippen LogP contribution is -2.26. The maximum absolute atomic E-state index is 14.2. The lowest BCUT2D eigenvalue weighted by Gasteiger charge is -2.23. The number of imidazole rings is 1. The van der Waals surface area contributed by atoms with Crippen molar-refractivity contribution in [1.29, 1.82) is 5.26 Å². The second-order valence-corrected chi connectivity index (χ2v) is 6.29. The molecule has 0 radical (unpaired) electrons. The van der Waals surface area contributed by atoms with Crippen molar-refractivity contribution in [3.8, 4) is 6.07 Å². The molecule has 1 N–H and O–H groups in total. The zero-order valence-electron chi connectivity index (χ0n) is 14.1. The highest BCUT2D eigenvalue weighted by Crippen LogP contribution is 2.33. The number of aromatic nitrogens is 2. The number of methoxy groups -OCH3 is 1. The molecule has 2 atom stereocenters. The molecule has 2 heterocycles. The first kappa shape index (κ1) is 16.6. The van der Waals surface area contributed by atoms with E-state index in [0.29, 0.717) is 17.7 Å². The van der Waals surface area contributed by atoms with Gasteiger partial charge >= 0.3 is 0 Å². The summed E-state index contributed by atoms with van der Waals surface area (Å²) in [6.07, 6.45) is 0.919. The minimum Gasteiger partial charge on any atom is -0.380 e. The van der Waals surface area contributed by atoms with E-state index in [4.69, 9.17) is 10.00 Å². The van der Waals surface area contributed by atoms with Gasteiger partial charge in [-0.15, -0.1) is 0 Å². The van der Waals surface area contributed by atoms with Crippen molar-refractivity contribution in [2.45, 2.75) is 39.0 Å². The summed E-state index contributed by atoms with van der Waals surface area (Å²) in [5.41, 5.74) is 2.95. The molecular weight excluding hydrogens is 307 g/mol. The average molecular weight is 328 g/mol. The van der Waals surface area contributed by atoms with Gasteiger partial charge in [-0.1, -0.05) is 6.07 Å². The van der Waals surface area contributed by atoms with Gasteiger partial charge in [0.15, 0.2) is 0 Å². The highest BCUT2D eigenvalue weighted by atomic mass is 19.1. The predicted octanol–water partition coefficient (Wildman–Crippen LogP) is 3.00. The number of nitrogens with zero attached hydrogens (tertiary/aromatic N) is 3. The molecule has 1 aliphatic heterocycles. The van der Waals surface area contributed by atoms with E-state index < -0.39 is 0 Å². The van der Waals surface area contributed by atoms with Gasteiger partial charge in [-0.3, -0.25) is 4.90 Å². The van der Waals surface area contributed by atoms with Gasteiger partial charge < -0.3 is 9.72 Å². The predicted molar refractivity (Wildman–Crippen MR) is 87.7 cm³/mol. The molecule has 1 saturated heterocycles. The number of aromatic amines is 1. The van der Waals surface area contributed by atoms with Crippen LogP contribution in [0.2, 0.25) is 0 Å². The maximum Gasteiger partial charge on any atom is 0.129 e. The van der Waals surface area contributed by atoms with Crippen molar-refractivity contribution in [1.82, 2.24) is 14.9 Å². The van der Waals surface area contributed by atoms with Gasteiger partial charge in [0.05, 0.1) is 29.5 Å². The standard InChI is InChI=1S/C18H21FN4O/c1-11-12(2)22-18(21-11)17-7-15(24-3)10-23(17)9-14-5-4-13(8-20)6-16(14)19/h4-6,15,17H,7,9-10H2,1-3H3,(H,21,22)/t15-,17+/m1/s1. The van der Waals surface area contributed by atoms with Crippen LogP contribution in [0.1, 0.15) is 40.8 Å². The van der Waals surface area contributed by atoms with Crippen LogP contribution < -0.4 is 0 Å². The summed E-state index contributed by atoms with van der Waals surface area (Å²) >= 11 is 0. The van der Waals surface area contributed by atoms with Gasteiger partial charge in [0.25, 0.3) is 0 Å². The maximum atomic E-state index is 14.2. The zero-order valence-corrected chi connectivity index (χ0v) is 14.1. The smallest absolute Gasteiger partial charge is 0.129 e. The Labute approximate surface area is 141 Å². The Hall–Kier alpha value is -2.23. The van der Waals surface area contributed by atoms with Gasteiger partial charge in [-0.2, -0.15) is 5.26 Å². The summed E-state index contributed by atoms with van der Waals surface area (Å²) in [5, 5.41) is 8.87. The molecule has 24 heavy (non-hydrogen) atoms. The van der Waals surface area contributed by atoms with E-state index in [9.17, 15) is 4.39 Å². The zero-order chi connectivity index (χ0) is 17.3. The molecule has 126 valence electrons. The first-order valence-electron chi connectivity index (χ1n) is 8.00. The van der Waals surface area contributed by atoms with Crippen LogP contribution in [0.15, 0.2) is 18.2 Å². The number of rotatable bonds is 4. The van der Waals surface area contributed by atoms with Crippen molar-refractivity contribution < 1.29 is 9.13 Å². The lowest BCUT2D eigenvalue weighted by atomic mass is 10.1. The molecule has 6 heteroatoms. The number of benzene rings is 1. The number of hydrogen-bond donors (Lipinski definition) is 1. The lowest BCUT2D eigenvalue weighted by molar-refractivity contribution is 0.107. The van der Waals surface area contributed by atoms with Crippen molar-refractivity contribution in [3.63, 3.8) is 0 Å². The van der Waals surface area contributed by atoms with Crippen molar-refractivity contribution in [2.75, 3.05) is 13.7 Å². The third-order valence-corrected chi connectivity index (χ3v) is 4.72. The molecular formula is C18H21FN4O. The third kappa shape index (κ3) is 3.18. The van der Waals surface area contributed by atoms with E-state index in [0.717, 1.165) is 30.2 Å². The highest BCUT2D eigenvalue weighted by Gasteiger charge is 2.35. The summed E-state index contributed by atoms with van der Waals surface area (Å²) in [7, 11) is 1.70. The van der Waals surface area contributed by atoms with Crippen LogP contribution in [-0.2, 0) is 11.3 Å². The fourth-order valence-corrected chi connectivity index (χ4v) is 3.19. The van der Waals surface area contributed by atoms with Crippen LogP contribution in [0.4, 0.5) is 4.39 Å². The van der Waals surface area contributed by atoms with Gasteiger partial charge in [-0.05, 0) is 32.4 Å². The summed E-state index contributed by atoms with van der Waals surface area (Å²) in [5.74, 6) is 0.555. The molecule has 0 bridgehead atoms. The molecule has 0 spiro atoms. The molecule has 0 unspecified atom stereocenters. The quantitative estimate of drug-likeness (QED) is 0.937. The summed E-state index contributed by atoms with van der Waals surface area (Å²) in [4.78, 5) is 10.1. The Morgan fingerprint density at radius 2 is 2.25 bits per heavy atom. The SMILES string of the molecule is CO[C@@H]1C[C@@H](c2nc(C)c(C)[nH]2)N(Cc2ccc(C#N)cc2F)C1. The number of nitriles is 1. The molecule has 1 aromatic heterocycles. The largest absolute Gasteiger partial charge is 0.380 e. The van der Waals surface area contributed by atoms with Gasteiger partial charge in [-0.25, -0.2) is 9.37 Å². The third-order valence-electron chi connectivity index (χ3n) is 4.72. The second-order valence-electron chi connectivity index (χ2n) is 6.29. The Bertz CT molecular complexity index is 760. The number of aryl methyl sites for hydroxylation is 2. The van der Waals surface area contributed by atoms with Crippen LogP contribution in [0.5, 0.6) is 0 Å². The molecule has 1 aliphatic rings. The molecule has 0 aliphatic carbocycles. The molecule has 0 saturated carbocycles. The van der Waals surface area contributed by atoms with Crippen molar-refractivity contribution in [2.24, 2.45) is 0 Å². The van der Waals surface area contributed by atoms with Crippen LogP contribution in [-0.4, -0.2) is 34.6 Å². The highest BCUT2D eigenvalue weighted by molar-refractivity contribution is 5.33. The first-order chi connectivity index (χ1) is 11.5. The van der Waals surface area contributed by atoms with Crippen LogP contribution in [0.25, 0.3) is 0 Å². The van der Waals surface area contributed by atoms with Crippen molar-refractivity contribution >= 4 is 0 Å². The van der Waals surface area contributed by atoms with E-state index in [1.807, 2.05) is 19.9 Å². The topological polar surface area (TPSA) is 64.9 Å². The summed E-state index contributed by atoms with van der Waals surface area (Å²) in [6.45, 7) is 5.15. The van der Waals surface area contributed by atoms with Gasteiger partial charge in [0, 0.05) is 31.5 Å². The minimum absolute atomic E-state index is 0.0670. The minimum atomic E-state index is -0.347. The number of nitrogens with one attached hydrogen (secondary N) is 1. The molecule has 5 nitrogen and oxygen atoms in total. The number of likely N-dealkylation sites (tertiary alicyclic amines) is 1. The molecule has 1 aromatic carbocycles. The normalized spacial score (nSPS) is 21.1. The fourth-order valence-electron chi connectivity index (χ4n) is 3.19. The Kier molecular flexibility index (Phi) is 4.65. The Morgan fingerprint density at radius 1 is 1.46 bits per heavy atom. The van der Waals surface area contributed by atoms with E-state index in [1.165, 1.54) is 6.07 Å². The van der Waals surface area contributed by atoms with Crippen LogP contribution >= 0.6 is 0 Å². The van der Waals surface area contributed by atoms with Gasteiger partial charge in [0.2, 0.25) is 0 Å². The molecule has 0 amide bonds. The monoisotopic (exact) mass is 328 g/mol. The van der Waals surface area contributed by atoms with Crippen LogP contribution in [0, 0.1) is 31.0 Å². The fraction of sp³-hybridized carbons (Fsp3) is 0.444.